The van der Waals surface area contributed by atoms with Crippen molar-refractivity contribution in [3.8, 4) is 11.1 Å². The molecule has 0 saturated heterocycles. The fourth-order valence-electron chi connectivity index (χ4n) is 3.36. The van der Waals surface area contributed by atoms with E-state index in [4.69, 9.17) is 4.74 Å². The second-order valence-corrected chi connectivity index (χ2v) is 6.34. The van der Waals surface area contributed by atoms with Crippen molar-refractivity contribution in [1.29, 1.82) is 0 Å². The summed E-state index contributed by atoms with van der Waals surface area (Å²) in [6.45, 7) is 2.09. The van der Waals surface area contributed by atoms with Gasteiger partial charge in [-0.3, -0.25) is 13.9 Å². The Hall–Kier alpha value is -3.22. The van der Waals surface area contributed by atoms with Gasteiger partial charge in [-0.25, -0.2) is 14.6 Å². The number of aryl methyl sites for hydroxylation is 2. The number of hydrogen-bond acceptors (Lipinski definition) is 5. The molecule has 3 heterocycles. The molecule has 7 heteroatoms. The molecule has 7 nitrogen and oxygen atoms in total. The van der Waals surface area contributed by atoms with Crippen LogP contribution in [0, 0.1) is 0 Å². The van der Waals surface area contributed by atoms with E-state index >= 15 is 0 Å². The maximum absolute atomic E-state index is 12.9. The molecule has 132 valence electrons. The van der Waals surface area contributed by atoms with Crippen LogP contribution in [0.5, 0.6) is 0 Å². The van der Waals surface area contributed by atoms with Gasteiger partial charge in [0.1, 0.15) is 12.3 Å². The second kappa shape index (κ2) is 5.66. The maximum atomic E-state index is 12.9. The second-order valence-electron chi connectivity index (χ2n) is 6.34. The summed E-state index contributed by atoms with van der Waals surface area (Å²) in [6, 6.07) is 7.68. The van der Waals surface area contributed by atoms with E-state index in [-0.39, 0.29) is 17.6 Å². The Morgan fingerprint density at radius 3 is 2.38 bits per heavy atom. The van der Waals surface area contributed by atoms with E-state index in [1.54, 1.807) is 7.05 Å². The Balaban J connectivity index is 2.22. The van der Waals surface area contributed by atoms with Gasteiger partial charge >= 0.3 is 11.7 Å². The number of aromatic nitrogens is 3. The number of nitrogens with zero attached hydrogens (tertiary/aromatic N) is 3. The highest BCUT2D eigenvalue weighted by molar-refractivity contribution is 6.08. The third kappa shape index (κ3) is 2.13. The van der Waals surface area contributed by atoms with E-state index in [2.05, 4.69) is 11.9 Å². The zero-order valence-corrected chi connectivity index (χ0v) is 14.7. The lowest BCUT2D eigenvalue weighted by atomic mass is 9.95. The van der Waals surface area contributed by atoms with Gasteiger partial charge in [0.15, 0.2) is 0 Å². The van der Waals surface area contributed by atoms with Crippen molar-refractivity contribution < 1.29 is 9.53 Å². The number of carbonyl (C=O) groups excluding carboxylic acids is 1. The number of ether oxygens (including phenoxy) is 1. The van der Waals surface area contributed by atoms with Gasteiger partial charge in [0, 0.05) is 19.7 Å². The third-order valence-electron chi connectivity index (χ3n) is 4.86. The predicted molar refractivity (Wildman–Crippen MR) is 96.2 cm³/mol. The highest BCUT2D eigenvalue weighted by atomic mass is 16.5. The Labute approximate surface area is 148 Å². The molecule has 26 heavy (non-hydrogen) atoms. The predicted octanol–water partition coefficient (Wildman–Crippen LogP) is 1.53. The van der Waals surface area contributed by atoms with Crippen molar-refractivity contribution in [2.45, 2.75) is 20.0 Å². The van der Waals surface area contributed by atoms with Gasteiger partial charge in [-0.1, -0.05) is 31.2 Å². The van der Waals surface area contributed by atoms with E-state index < -0.39 is 17.2 Å². The molecule has 0 unspecified atom stereocenters. The first-order valence-electron chi connectivity index (χ1n) is 8.33. The van der Waals surface area contributed by atoms with E-state index in [0.29, 0.717) is 16.8 Å². The summed E-state index contributed by atoms with van der Waals surface area (Å²) in [7, 11) is 2.98. The van der Waals surface area contributed by atoms with E-state index in [1.165, 1.54) is 11.6 Å². The van der Waals surface area contributed by atoms with Gasteiger partial charge < -0.3 is 4.74 Å². The summed E-state index contributed by atoms with van der Waals surface area (Å²) >= 11 is 0. The third-order valence-corrected chi connectivity index (χ3v) is 4.86. The van der Waals surface area contributed by atoms with E-state index in [0.717, 1.165) is 22.1 Å². The van der Waals surface area contributed by atoms with Crippen molar-refractivity contribution >= 4 is 17.0 Å². The van der Waals surface area contributed by atoms with Crippen LogP contribution in [-0.2, 0) is 31.9 Å². The number of carbonyl (C=O) groups is 1. The minimum atomic E-state index is -0.500. The van der Waals surface area contributed by atoms with Gasteiger partial charge in [0.25, 0.3) is 5.56 Å². The normalized spacial score (nSPS) is 13.1. The Morgan fingerprint density at radius 2 is 1.73 bits per heavy atom. The van der Waals surface area contributed by atoms with Crippen LogP contribution in [-0.4, -0.2) is 20.1 Å². The molecule has 0 bridgehead atoms. The first kappa shape index (κ1) is 16.3. The minimum Gasteiger partial charge on any atom is -0.455 e. The average molecular weight is 351 g/mol. The number of benzene rings is 1. The number of hydrogen-bond donors (Lipinski definition) is 0. The Bertz CT molecular complexity index is 1190. The van der Waals surface area contributed by atoms with Gasteiger partial charge in [-0.15, -0.1) is 0 Å². The van der Waals surface area contributed by atoms with Crippen molar-refractivity contribution in [2.24, 2.45) is 14.1 Å². The van der Waals surface area contributed by atoms with Crippen LogP contribution in [0.4, 0.5) is 0 Å². The molecule has 0 radical (unpaired) electrons. The zero-order valence-electron chi connectivity index (χ0n) is 14.7. The van der Waals surface area contributed by atoms with Crippen LogP contribution in [0.25, 0.3) is 22.2 Å². The smallest absolute Gasteiger partial charge is 0.341 e. The number of pyridine rings is 1. The zero-order chi connectivity index (χ0) is 18.6. The van der Waals surface area contributed by atoms with Crippen LogP contribution in [0.2, 0.25) is 0 Å². The Morgan fingerprint density at radius 1 is 1.04 bits per heavy atom. The van der Waals surface area contributed by atoms with Gasteiger partial charge in [0.05, 0.1) is 16.6 Å². The highest BCUT2D eigenvalue weighted by Crippen LogP contribution is 2.34. The molecule has 1 aliphatic rings. The molecule has 0 fully saturated rings. The molecule has 4 rings (SSSR count). The summed E-state index contributed by atoms with van der Waals surface area (Å²) in [5, 5.41) is 0.247. The number of cyclic esters (lactones) is 1. The molecule has 0 amide bonds. The molecule has 2 aromatic heterocycles. The van der Waals surface area contributed by atoms with Gasteiger partial charge in [-0.05, 0) is 17.5 Å². The average Bonchev–Trinajstić information content (AvgIpc) is 3.04. The minimum absolute atomic E-state index is 0.0353. The largest absolute Gasteiger partial charge is 0.455 e. The number of esters is 1. The molecular formula is C19H17N3O4. The molecule has 0 atom stereocenters. The van der Waals surface area contributed by atoms with Crippen LogP contribution >= 0.6 is 0 Å². The number of rotatable bonds is 2. The first-order chi connectivity index (χ1) is 12.4. The fourth-order valence-corrected chi connectivity index (χ4v) is 3.36. The molecule has 1 aromatic carbocycles. The van der Waals surface area contributed by atoms with Crippen LogP contribution in [0.15, 0.2) is 33.9 Å². The summed E-state index contributed by atoms with van der Waals surface area (Å²) in [6.07, 6.45) is 0.883. The molecular weight excluding hydrogens is 334 g/mol. The molecule has 3 aromatic rings. The van der Waals surface area contributed by atoms with E-state index in [1.807, 2.05) is 24.3 Å². The molecule has 0 aliphatic carbocycles. The van der Waals surface area contributed by atoms with Crippen LogP contribution in [0.1, 0.15) is 28.5 Å². The van der Waals surface area contributed by atoms with Crippen LogP contribution < -0.4 is 11.2 Å². The number of fused-ring (bicyclic) bond motifs is 2. The summed E-state index contributed by atoms with van der Waals surface area (Å²) in [5.41, 5.74) is 2.40. The van der Waals surface area contributed by atoms with Gasteiger partial charge in [0.2, 0.25) is 0 Å². The standard InChI is InChI=1S/C19H17N3O4/c1-4-10-5-7-11(8-6-10)13-14-12(9-26-18(14)24)20-16-15(13)17(23)22(3)19(25)21(16)2/h5-8H,4,9H2,1-3H3. The van der Waals surface area contributed by atoms with Crippen LogP contribution in [0.3, 0.4) is 0 Å². The lowest BCUT2D eigenvalue weighted by molar-refractivity contribution is 0.0534. The van der Waals surface area contributed by atoms with Crippen molar-refractivity contribution in [3.63, 3.8) is 0 Å². The summed E-state index contributed by atoms with van der Waals surface area (Å²) in [5.74, 6) is -0.500. The lowest BCUT2D eigenvalue weighted by Crippen LogP contribution is -2.37. The van der Waals surface area contributed by atoms with Crippen molar-refractivity contribution in [1.82, 2.24) is 14.1 Å². The first-order valence-corrected chi connectivity index (χ1v) is 8.33. The molecule has 1 aliphatic heterocycles. The van der Waals surface area contributed by atoms with E-state index in [9.17, 15) is 14.4 Å². The molecule has 0 N–H and O–H groups in total. The maximum Gasteiger partial charge on any atom is 0.341 e. The fraction of sp³-hybridized carbons (Fsp3) is 0.263. The quantitative estimate of drug-likeness (QED) is 0.654. The monoisotopic (exact) mass is 351 g/mol. The summed E-state index contributed by atoms with van der Waals surface area (Å²) in [4.78, 5) is 41.9. The Kier molecular flexibility index (Phi) is 3.54. The van der Waals surface area contributed by atoms with Crippen molar-refractivity contribution in [3.05, 3.63) is 61.9 Å². The SMILES string of the molecule is CCc1ccc(-c2c3c(nc4c2c(=O)n(C)c(=O)n4C)COC3=O)cc1. The lowest BCUT2D eigenvalue weighted by Gasteiger charge is -2.13. The molecule has 0 spiro atoms. The van der Waals surface area contributed by atoms with Crippen molar-refractivity contribution in [2.75, 3.05) is 0 Å². The summed E-state index contributed by atoms with van der Waals surface area (Å²) < 4.78 is 7.50. The highest BCUT2D eigenvalue weighted by Gasteiger charge is 2.31. The molecule has 0 saturated carbocycles. The topological polar surface area (TPSA) is 83.2 Å². The van der Waals surface area contributed by atoms with Gasteiger partial charge in [-0.2, -0.15) is 0 Å².